The molecule has 0 spiro atoms. The first-order chi connectivity index (χ1) is 12.0. The van der Waals surface area contributed by atoms with Gasteiger partial charge in [-0.3, -0.25) is 0 Å². The van der Waals surface area contributed by atoms with Crippen LogP contribution in [0.2, 0.25) is 0 Å². The average molecular weight is 336 g/mol. The summed E-state index contributed by atoms with van der Waals surface area (Å²) in [7, 11) is 1.46. The van der Waals surface area contributed by atoms with E-state index in [1.54, 1.807) is 18.3 Å². The predicted molar refractivity (Wildman–Crippen MR) is 92.2 cm³/mol. The van der Waals surface area contributed by atoms with Crippen LogP contribution in [0.3, 0.4) is 0 Å². The van der Waals surface area contributed by atoms with Crippen LogP contribution in [-0.4, -0.2) is 29.5 Å². The van der Waals surface area contributed by atoms with E-state index in [0.717, 1.165) is 16.5 Å². The fraction of sp³-hybridized carbons (Fsp3) is 0.158. The average Bonchev–Trinajstić information content (AvgIpc) is 2.97. The highest BCUT2D eigenvalue weighted by atomic mass is 16.7. The number of nitriles is 1. The molecule has 1 N–H and O–H groups in total. The van der Waals surface area contributed by atoms with Crippen molar-refractivity contribution in [2.24, 2.45) is 0 Å². The maximum atomic E-state index is 11.4. The van der Waals surface area contributed by atoms with Gasteiger partial charge in [-0.1, -0.05) is 11.6 Å². The van der Waals surface area contributed by atoms with Crippen molar-refractivity contribution < 1.29 is 19.4 Å². The molecule has 0 aliphatic rings. The van der Waals surface area contributed by atoms with E-state index in [4.69, 9.17) is 9.47 Å². The van der Waals surface area contributed by atoms with Crippen LogP contribution in [0.25, 0.3) is 16.6 Å². The molecule has 0 unspecified atom stereocenters. The first-order valence-electron chi connectivity index (χ1n) is 7.56. The van der Waals surface area contributed by atoms with Crippen molar-refractivity contribution >= 4 is 16.9 Å². The monoisotopic (exact) mass is 336 g/mol. The summed E-state index contributed by atoms with van der Waals surface area (Å²) in [6, 6.07) is 12.9. The number of aromatic carboxylic acids is 1. The van der Waals surface area contributed by atoms with E-state index < -0.39 is 5.97 Å². The molecule has 0 atom stereocenters. The van der Waals surface area contributed by atoms with Crippen LogP contribution in [-0.2, 0) is 4.74 Å². The summed E-state index contributed by atoms with van der Waals surface area (Å²) < 4.78 is 12.1. The van der Waals surface area contributed by atoms with Gasteiger partial charge >= 0.3 is 5.97 Å². The molecule has 2 aromatic carbocycles. The number of carboxylic acid groups (broad SMARTS) is 1. The van der Waals surface area contributed by atoms with Crippen molar-refractivity contribution in [2.45, 2.75) is 6.92 Å². The number of benzene rings is 2. The number of rotatable bonds is 5. The third kappa shape index (κ3) is 3.05. The summed E-state index contributed by atoms with van der Waals surface area (Å²) >= 11 is 0. The van der Waals surface area contributed by atoms with Gasteiger partial charge in [0.15, 0.2) is 6.79 Å². The van der Waals surface area contributed by atoms with Gasteiger partial charge in [0.1, 0.15) is 17.4 Å². The van der Waals surface area contributed by atoms with E-state index in [-0.39, 0.29) is 18.1 Å². The van der Waals surface area contributed by atoms with Crippen LogP contribution in [0.1, 0.15) is 21.5 Å². The first kappa shape index (κ1) is 16.6. The highest BCUT2D eigenvalue weighted by molar-refractivity contribution is 5.92. The van der Waals surface area contributed by atoms with Crippen LogP contribution in [0.5, 0.6) is 5.75 Å². The van der Waals surface area contributed by atoms with Gasteiger partial charge in [-0.15, -0.1) is 0 Å². The van der Waals surface area contributed by atoms with Gasteiger partial charge in [0.25, 0.3) is 0 Å². The molecule has 0 aliphatic carbocycles. The molecule has 0 bridgehead atoms. The number of aryl methyl sites for hydroxylation is 1. The number of hydrogen-bond acceptors (Lipinski definition) is 4. The second kappa shape index (κ2) is 6.67. The molecule has 0 saturated carbocycles. The topological polar surface area (TPSA) is 84.5 Å². The number of aromatic nitrogens is 1. The Labute approximate surface area is 144 Å². The molecule has 0 radical (unpaired) electrons. The highest BCUT2D eigenvalue weighted by Gasteiger charge is 2.15. The van der Waals surface area contributed by atoms with E-state index >= 15 is 0 Å². The van der Waals surface area contributed by atoms with E-state index in [2.05, 4.69) is 6.07 Å². The largest absolute Gasteiger partial charge is 0.478 e. The van der Waals surface area contributed by atoms with Gasteiger partial charge < -0.3 is 19.1 Å². The summed E-state index contributed by atoms with van der Waals surface area (Å²) in [4.78, 5) is 11.4. The Balaban J connectivity index is 2.18. The molecule has 0 fully saturated rings. The van der Waals surface area contributed by atoms with Gasteiger partial charge in [-0.05, 0) is 31.2 Å². The van der Waals surface area contributed by atoms with Crippen LogP contribution in [0, 0.1) is 18.3 Å². The van der Waals surface area contributed by atoms with Crippen LogP contribution < -0.4 is 4.74 Å². The van der Waals surface area contributed by atoms with Gasteiger partial charge in [-0.2, -0.15) is 5.26 Å². The quantitative estimate of drug-likeness (QED) is 0.721. The molecule has 25 heavy (non-hydrogen) atoms. The second-order valence-corrected chi connectivity index (χ2v) is 5.58. The Hall–Kier alpha value is -3.30. The fourth-order valence-corrected chi connectivity index (χ4v) is 2.73. The minimum Gasteiger partial charge on any atom is -0.478 e. The summed E-state index contributed by atoms with van der Waals surface area (Å²) in [6.07, 6.45) is 1.74. The number of carbonyl (C=O) groups is 1. The van der Waals surface area contributed by atoms with Crippen molar-refractivity contribution in [2.75, 3.05) is 13.9 Å². The van der Waals surface area contributed by atoms with Gasteiger partial charge in [0.2, 0.25) is 0 Å². The number of nitrogens with zero attached hydrogens (tertiary/aromatic N) is 2. The molecule has 126 valence electrons. The molecule has 1 heterocycles. The molecule has 6 heteroatoms. The Bertz CT molecular complexity index is 999. The van der Waals surface area contributed by atoms with Gasteiger partial charge in [0, 0.05) is 30.4 Å². The Morgan fingerprint density at radius 1 is 1.28 bits per heavy atom. The number of hydrogen-bond donors (Lipinski definition) is 1. The van der Waals surface area contributed by atoms with Crippen molar-refractivity contribution in [3.8, 4) is 17.5 Å². The molecule has 3 rings (SSSR count). The van der Waals surface area contributed by atoms with Gasteiger partial charge in [0.05, 0.1) is 11.1 Å². The number of fused-ring (bicyclic) bond motifs is 1. The van der Waals surface area contributed by atoms with Crippen molar-refractivity contribution in [1.82, 2.24) is 4.57 Å². The maximum absolute atomic E-state index is 11.4. The molecule has 0 aliphatic heterocycles. The molecule has 3 aromatic rings. The minimum absolute atomic E-state index is 0.0496. The van der Waals surface area contributed by atoms with E-state index in [9.17, 15) is 15.2 Å². The van der Waals surface area contributed by atoms with Crippen LogP contribution >= 0.6 is 0 Å². The molecule has 0 amide bonds. The van der Waals surface area contributed by atoms with Gasteiger partial charge in [-0.25, -0.2) is 4.79 Å². The molecule has 1 aromatic heterocycles. The lowest BCUT2D eigenvalue weighted by molar-refractivity contribution is 0.0484. The Morgan fingerprint density at radius 3 is 2.76 bits per heavy atom. The highest BCUT2D eigenvalue weighted by Crippen LogP contribution is 2.29. The fourth-order valence-electron chi connectivity index (χ4n) is 2.73. The smallest absolute Gasteiger partial charge is 0.339 e. The molecular formula is C19H16N2O4. The Kier molecular flexibility index (Phi) is 4.42. The Morgan fingerprint density at radius 2 is 2.08 bits per heavy atom. The standard InChI is InChI=1S/C19H16N2O4/c1-12-3-6-17-16(7-12)13(9-20)10-21(17)14-4-5-15(19(22)23)18(8-14)25-11-24-2/h3-8,10H,11H2,1-2H3,(H,22,23). The third-order valence-corrected chi connectivity index (χ3v) is 3.89. The lowest BCUT2D eigenvalue weighted by Gasteiger charge is -2.12. The maximum Gasteiger partial charge on any atom is 0.339 e. The lowest BCUT2D eigenvalue weighted by Crippen LogP contribution is -2.06. The first-order valence-corrected chi connectivity index (χ1v) is 7.56. The van der Waals surface area contributed by atoms with Crippen molar-refractivity contribution in [1.29, 1.82) is 5.26 Å². The summed E-state index contributed by atoms with van der Waals surface area (Å²) in [5.74, 6) is -0.873. The van der Waals surface area contributed by atoms with Crippen LogP contribution in [0.4, 0.5) is 0 Å². The molecule has 6 nitrogen and oxygen atoms in total. The lowest BCUT2D eigenvalue weighted by atomic mass is 10.1. The predicted octanol–water partition coefficient (Wildman–Crippen LogP) is 3.49. The zero-order chi connectivity index (χ0) is 18.0. The van der Waals surface area contributed by atoms with E-state index in [1.807, 2.05) is 29.7 Å². The van der Waals surface area contributed by atoms with E-state index in [0.29, 0.717) is 11.3 Å². The zero-order valence-corrected chi connectivity index (χ0v) is 13.8. The zero-order valence-electron chi connectivity index (χ0n) is 13.8. The summed E-state index contributed by atoms with van der Waals surface area (Å²) in [5, 5.41) is 19.5. The third-order valence-electron chi connectivity index (χ3n) is 3.89. The normalized spacial score (nSPS) is 10.6. The minimum atomic E-state index is -1.08. The van der Waals surface area contributed by atoms with E-state index in [1.165, 1.54) is 13.2 Å². The van der Waals surface area contributed by atoms with Crippen molar-refractivity contribution in [3.05, 3.63) is 59.3 Å². The SMILES string of the molecule is COCOc1cc(-n2cc(C#N)c3cc(C)ccc32)ccc1C(=O)O. The summed E-state index contributed by atoms with van der Waals surface area (Å²) in [5.41, 5.74) is 3.23. The van der Waals surface area contributed by atoms with Crippen LogP contribution in [0.15, 0.2) is 42.6 Å². The van der Waals surface area contributed by atoms with Crippen molar-refractivity contribution in [3.63, 3.8) is 0 Å². The molecular weight excluding hydrogens is 320 g/mol. The number of methoxy groups -OCH3 is 1. The number of ether oxygens (including phenoxy) is 2. The summed E-state index contributed by atoms with van der Waals surface area (Å²) in [6.45, 7) is 1.91. The number of carboxylic acids is 1. The molecule has 0 saturated heterocycles. The second-order valence-electron chi connectivity index (χ2n) is 5.58.